The Morgan fingerprint density at radius 1 is 1.23 bits per heavy atom. The number of ether oxygens (including phenoxy) is 1. The molecule has 1 heterocycles. The quantitative estimate of drug-likeness (QED) is 0.865. The van der Waals surface area contributed by atoms with Crippen molar-refractivity contribution < 1.29 is 18.7 Å². The molecule has 6 heteroatoms. The van der Waals surface area contributed by atoms with Gasteiger partial charge in [0.25, 0.3) is 0 Å². The molecule has 1 aliphatic heterocycles. The maximum absolute atomic E-state index is 13.9. The van der Waals surface area contributed by atoms with Crippen molar-refractivity contribution in [1.29, 1.82) is 0 Å². The monoisotopic (exact) mass is 356 g/mol. The van der Waals surface area contributed by atoms with Gasteiger partial charge in [-0.1, -0.05) is 30.3 Å². The van der Waals surface area contributed by atoms with Crippen molar-refractivity contribution in [2.45, 2.75) is 12.8 Å². The van der Waals surface area contributed by atoms with Gasteiger partial charge in [0.2, 0.25) is 11.8 Å². The minimum Gasteiger partial charge on any atom is -0.496 e. The molecule has 2 aromatic rings. The SMILES string of the molecule is COc1ccccc1CCNC(=O)[C@H]1CC(=O)N(c2ccccc2F)C1. The molecular formula is C20H21FN2O3. The van der Waals surface area contributed by atoms with Crippen LogP contribution in [-0.2, 0) is 16.0 Å². The summed E-state index contributed by atoms with van der Waals surface area (Å²) in [6.07, 6.45) is 0.724. The van der Waals surface area contributed by atoms with Gasteiger partial charge in [-0.05, 0) is 30.2 Å². The van der Waals surface area contributed by atoms with Gasteiger partial charge in [-0.2, -0.15) is 0 Å². The fourth-order valence-electron chi connectivity index (χ4n) is 3.16. The van der Waals surface area contributed by atoms with Crippen molar-refractivity contribution in [1.82, 2.24) is 5.32 Å². The van der Waals surface area contributed by atoms with Crippen molar-refractivity contribution in [3.8, 4) is 5.75 Å². The van der Waals surface area contributed by atoms with Crippen molar-refractivity contribution >= 4 is 17.5 Å². The number of anilines is 1. The van der Waals surface area contributed by atoms with E-state index in [9.17, 15) is 14.0 Å². The number of carbonyl (C=O) groups is 2. The molecule has 1 aliphatic rings. The van der Waals surface area contributed by atoms with Gasteiger partial charge in [-0.3, -0.25) is 9.59 Å². The predicted molar refractivity (Wildman–Crippen MR) is 96.6 cm³/mol. The number of rotatable bonds is 6. The second kappa shape index (κ2) is 7.99. The number of halogens is 1. The molecule has 2 amide bonds. The van der Waals surface area contributed by atoms with Crippen LogP contribution in [0.5, 0.6) is 5.75 Å². The van der Waals surface area contributed by atoms with Crippen molar-refractivity contribution in [2.24, 2.45) is 5.92 Å². The number of hydrogen-bond acceptors (Lipinski definition) is 3. The van der Waals surface area contributed by atoms with Gasteiger partial charge in [0.05, 0.1) is 18.7 Å². The molecule has 1 fully saturated rings. The third kappa shape index (κ3) is 3.85. The first-order chi connectivity index (χ1) is 12.6. The number of methoxy groups -OCH3 is 1. The summed E-state index contributed by atoms with van der Waals surface area (Å²) in [6, 6.07) is 13.7. The van der Waals surface area contributed by atoms with Crippen LogP contribution in [0, 0.1) is 11.7 Å². The lowest BCUT2D eigenvalue weighted by Crippen LogP contribution is -2.34. The van der Waals surface area contributed by atoms with E-state index >= 15 is 0 Å². The molecule has 1 N–H and O–H groups in total. The maximum Gasteiger partial charge on any atom is 0.227 e. The summed E-state index contributed by atoms with van der Waals surface area (Å²) in [4.78, 5) is 25.9. The van der Waals surface area contributed by atoms with Crippen LogP contribution in [-0.4, -0.2) is 32.0 Å². The highest BCUT2D eigenvalue weighted by Crippen LogP contribution is 2.27. The maximum atomic E-state index is 13.9. The molecule has 3 rings (SSSR count). The lowest BCUT2D eigenvalue weighted by atomic mass is 10.1. The van der Waals surface area contributed by atoms with Crippen LogP contribution in [0.25, 0.3) is 0 Å². The van der Waals surface area contributed by atoms with E-state index in [2.05, 4.69) is 5.32 Å². The van der Waals surface area contributed by atoms with Gasteiger partial charge in [0.1, 0.15) is 11.6 Å². The highest BCUT2D eigenvalue weighted by atomic mass is 19.1. The molecule has 0 bridgehead atoms. The van der Waals surface area contributed by atoms with Gasteiger partial charge in [0.15, 0.2) is 0 Å². The van der Waals surface area contributed by atoms with E-state index in [0.717, 1.165) is 11.3 Å². The van der Waals surface area contributed by atoms with Crippen LogP contribution in [0.1, 0.15) is 12.0 Å². The Morgan fingerprint density at radius 2 is 1.96 bits per heavy atom. The molecule has 0 radical (unpaired) electrons. The Kier molecular flexibility index (Phi) is 5.51. The van der Waals surface area contributed by atoms with Crippen LogP contribution in [0.2, 0.25) is 0 Å². The first-order valence-electron chi connectivity index (χ1n) is 8.54. The fourth-order valence-corrected chi connectivity index (χ4v) is 3.16. The number of amides is 2. The number of nitrogens with one attached hydrogen (secondary N) is 1. The first-order valence-corrected chi connectivity index (χ1v) is 8.54. The van der Waals surface area contributed by atoms with E-state index in [-0.39, 0.29) is 30.5 Å². The Bertz CT molecular complexity index is 809. The minimum atomic E-state index is -0.472. The summed E-state index contributed by atoms with van der Waals surface area (Å²) in [5.41, 5.74) is 1.23. The molecule has 2 aromatic carbocycles. The van der Waals surface area contributed by atoms with E-state index in [0.29, 0.717) is 13.0 Å². The van der Waals surface area contributed by atoms with Gasteiger partial charge in [0, 0.05) is 19.5 Å². The highest BCUT2D eigenvalue weighted by Gasteiger charge is 2.35. The number of hydrogen-bond donors (Lipinski definition) is 1. The molecule has 0 saturated carbocycles. The molecule has 0 spiro atoms. The van der Waals surface area contributed by atoms with Gasteiger partial charge in [-0.25, -0.2) is 4.39 Å². The third-order valence-corrected chi connectivity index (χ3v) is 4.53. The highest BCUT2D eigenvalue weighted by molar-refractivity contribution is 6.00. The number of benzene rings is 2. The van der Waals surface area contributed by atoms with Crippen molar-refractivity contribution in [2.75, 3.05) is 25.1 Å². The predicted octanol–water partition coefficient (Wildman–Crippen LogP) is 2.55. The molecule has 5 nitrogen and oxygen atoms in total. The Labute approximate surface area is 151 Å². The zero-order chi connectivity index (χ0) is 18.5. The largest absolute Gasteiger partial charge is 0.496 e. The zero-order valence-electron chi connectivity index (χ0n) is 14.6. The molecular weight excluding hydrogens is 335 g/mol. The normalized spacial score (nSPS) is 16.6. The summed E-state index contributed by atoms with van der Waals surface area (Å²) in [5, 5.41) is 2.86. The van der Waals surface area contributed by atoms with Crippen molar-refractivity contribution in [3.63, 3.8) is 0 Å². The van der Waals surface area contributed by atoms with Crippen LogP contribution in [0.4, 0.5) is 10.1 Å². The van der Waals surface area contributed by atoms with Crippen LogP contribution in [0.15, 0.2) is 48.5 Å². The molecule has 1 atom stereocenters. The zero-order valence-corrected chi connectivity index (χ0v) is 14.6. The Hall–Kier alpha value is -2.89. The average Bonchev–Trinajstić information content (AvgIpc) is 3.04. The topological polar surface area (TPSA) is 58.6 Å². The number of nitrogens with zero attached hydrogens (tertiary/aromatic N) is 1. The van der Waals surface area contributed by atoms with E-state index in [1.165, 1.54) is 11.0 Å². The standard InChI is InChI=1S/C20H21FN2O3/c1-26-18-9-5-2-6-14(18)10-11-22-20(25)15-12-19(24)23(13-15)17-8-4-3-7-16(17)21/h2-9,15H,10-13H2,1H3,(H,22,25)/t15-/m0/s1. The second-order valence-corrected chi connectivity index (χ2v) is 6.21. The minimum absolute atomic E-state index is 0.0921. The summed E-state index contributed by atoms with van der Waals surface area (Å²) in [5.74, 6) is -0.576. The molecule has 0 aliphatic carbocycles. The van der Waals surface area contributed by atoms with Crippen LogP contribution < -0.4 is 15.0 Å². The molecule has 136 valence electrons. The summed E-state index contributed by atoms with van der Waals surface area (Å²) in [7, 11) is 1.61. The smallest absolute Gasteiger partial charge is 0.227 e. The average molecular weight is 356 g/mol. The van der Waals surface area contributed by atoms with E-state index in [1.54, 1.807) is 25.3 Å². The second-order valence-electron chi connectivity index (χ2n) is 6.21. The molecule has 0 unspecified atom stereocenters. The lowest BCUT2D eigenvalue weighted by Gasteiger charge is -2.17. The van der Waals surface area contributed by atoms with Crippen molar-refractivity contribution in [3.05, 3.63) is 59.9 Å². The fraction of sp³-hybridized carbons (Fsp3) is 0.300. The first kappa shape index (κ1) is 17.9. The third-order valence-electron chi connectivity index (χ3n) is 4.53. The molecule has 26 heavy (non-hydrogen) atoms. The molecule has 1 saturated heterocycles. The Balaban J connectivity index is 1.56. The van der Waals surface area contributed by atoms with Gasteiger partial charge < -0.3 is 15.0 Å². The molecule has 0 aromatic heterocycles. The number of para-hydroxylation sites is 2. The van der Waals surface area contributed by atoms with E-state index < -0.39 is 11.7 Å². The van der Waals surface area contributed by atoms with Crippen LogP contribution >= 0.6 is 0 Å². The van der Waals surface area contributed by atoms with Crippen LogP contribution in [0.3, 0.4) is 0 Å². The Morgan fingerprint density at radius 3 is 2.73 bits per heavy atom. The van der Waals surface area contributed by atoms with E-state index in [4.69, 9.17) is 4.74 Å². The summed E-state index contributed by atoms with van der Waals surface area (Å²) < 4.78 is 19.2. The lowest BCUT2D eigenvalue weighted by molar-refractivity contribution is -0.126. The number of carbonyl (C=O) groups excluding carboxylic acids is 2. The summed E-state index contributed by atoms with van der Waals surface area (Å²) >= 11 is 0. The van der Waals surface area contributed by atoms with Gasteiger partial charge in [-0.15, -0.1) is 0 Å². The van der Waals surface area contributed by atoms with E-state index in [1.807, 2.05) is 24.3 Å². The summed E-state index contributed by atoms with van der Waals surface area (Å²) in [6.45, 7) is 0.643. The van der Waals surface area contributed by atoms with Gasteiger partial charge >= 0.3 is 0 Å².